The molecule has 0 aromatic heterocycles. The minimum absolute atomic E-state index is 0.00142. The highest BCUT2D eigenvalue weighted by Gasteiger charge is 2.26. The number of fused-ring (bicyclic) bond motifs is 1. The summed E-state index contributed by atoms with van der Waals surface area (Å²) in [5.74, 6) is 0.809. The third-order valence-electron chi connectivity index (χ3n) is 5.17. The van der Waals surface area contributed by atoms with Gasteiger partial charge >= 0.3 is 6.03 Å². The molecule has 1 atom stereocenters. The Labute approximate surface area is 149 Å². The van der Waals surface area contributed by atoms with Crippen LogP contribution in [0.25, 0.3) is 10.8 Å². The molecular weight excluding hydrogens is 314 g/mol. The number of urea groups is 1. The minimum Gasteiger partial charge on any atom is -0.496 e. The first-order valence-electron chi connectivity index (χ1n) is 8.91. The Morgan fingerprint density at radius 2 is 2.04 bits per heavy atom. The molecule has 2 aromatic carbocycles. The summed E-state index contributed by atoms with van der Waals surface area (Å²) in [6.07, 6.45) is 1.05. The molecule has 25 heavy (non-hydrogen) atoms. The molecule has 1 fully saturated rings. The van der Waals surface area contributed by atoms with E-state index in [2.05, 4.69) is 36.3 Å². The van der Waals surface area contributed by atoms with Crippen LogP contribution in [0, 0.1) is 0 Å². The maximum absolute atomic E-state index is 12.6. The number of piperazine rings is 1. The van der Waals surface area contributed by atoms with Gasteiger partial charge in [0.1, 0.15) is 5.75 Å². The second kappa shape index (κ2) is 7.74. The predicted octanol–water partition coefficient (Wildman–Crippen LogP) is 3.08. The molecule has 3 rings (SSSR count). The summed E-state index contributed by atoms with van der Waals surface area (Å²) in [6.45, 7) is 5.11. The smallest absolute Gasteiger partial charge is 0.317 e. The fraction of sp³-hybridized carbons (Fsp3) is 0.450. The van der Waals surface area contributed by atoms with Crippen LogP contribution in [0.3, 0.4) is 0 Å². The van der Waals surface area contributed by atoms with Crippen LogP contribution < -0.4 is 10.1 Å². The Bertz CT molecular complexity index is 747. The number of carbonyl (C=O) groups is 1. The third kappa shape index (κ3) is 3.71. The number of ether oxygens (including phenoxy) is 1. The standard InChI is InChI=1S/C20H27N3O2/c1-4-16-14-23(12-11-22(16)2)20(24)21-13-18-17-8-6-5-7-15(17)9-10-19(18)25-3/h5-10,16H,4,11-14H2,1-3H3,(H,21,24)/t16-/m0/s1. The monoisotopic (exact) mass is 341 g/mol. The zero-order chi connectivity index (χ0) is 17.8. The van der Waals surface area contributed by atoms with Crippen LogP contribution in [0.5, 0.6) is 5.75 Å². The van der Waals surface area contributed by atoms with Crippen molar-refractivity contribution in [3.05, 3.63) is 42.0 Å². The van der Waals surface area contributed by atoms with Crippen molar-refractivity contribution in [3.8, 4) is 5.75 Å². The molecule has 1 aliphatic heterocycles. The van der Waals surface area contributed by atoms with E-state index in [0.29, 0.717) is 12.6 Å². The maximum Gasteiger partial charge on any atom is 0.317 e. The van der Waals surface area contributed by atoms with E-state index in [1.165, 1.54) is 0 Å². The van der Waals surface area contributed by atoms with E-state index in [9.17, 15) is 4.79 Å². The lowest BCUT2D eigenvalue weighted by Crippen LogP contribution is -2.55. The molecule has 0 saturated carbocycles. The number of carbonyl (C=O) groups excluding carboxylic acids is 1. The molecule has 0 spiro atoms. The van der Waals surface area contributed by atoms with Gasteiger partial charge in [0.2, 0.25) is 0 Å². The average molecular weight is 341 g/mol. The lowest BCUT2D eigenvalue weighted by Gasteiger charge is -2.39. The highest BCUT2D eigenvalue weighted by atomic mass is 16.5. The molecule has 5 nitrogen and oxygen atoms in total. The van der Waals surface area contributed by atoms with E-state index in [1.54, 1.807) is 7.11 Å². The van der Waals surface area contributed by atoms with E-state index < -0.39 is 0 Å². The first kappa shape index (κ1) is 17.5. The van der Waals surface area contributed by atoms with Gasteiger partial charge in [-0.1, -0.05) is 37.3 Å². The molecule has 0 bridgehead atoms. The molecule has 0 aliphatic carbocycles. The van der Waals surface area contributed by atoms with Gasteiger partial charge in [0.25, 0.3) is 0 Å². The number of hydrogen-bond donors (Lipinski definition) is 1. The van der Waals surface area contributed by atoms with Crippen LogP contribution in [0.2, 0.25) is 0 Å². The topological polar surface area (TPSA) is 44.8 Å². The molecule has 134 valence electrons. The summed E-state index contributed by atoms with van der Waals surface area (Å²) in [5, 5.41) is 5.35. The van der Waals surface area contributed by atoms with Crippen molar-refractivity contribution < 1.29 is 9.53 Å². The predicted molar refractivity (Wildman–Crippen MR) is 101 cm³/mol. The Morgan fingerprint density at radius 3 is 2.80 bits per heavy atom. The van der Waals surface area contributed by atoms with E-state index >= 15 is 0 Å². The molecule has 2 amide bonds. The van der Waals surface area contributed by atoms with Gasteiger partial charge in [-0.15, -0.1) is 0 Å². The van der Waals surface area contributed by atoms with Gasteiger partial charge in [-0.3, -0.25) is 4.90 Å². The Kier molecular flexibility index (Phi) is 5.43. The number of likely N-dealkylation sites (N-methyl/N-ethyl adjacent to an activating group) is 1. The Balaban J connectivity index is 1.73. The summed E-state index contributed by atoms with van der Waals surface area (Å²) in [5.41, 5.74) is 1.02. The highest BCUT2D eigenvalue weighted by Crippen LogP contribution is 2.27. The normalized spacial score (nSPS) is 18.4. The van der Waals surface area contributed by atoms with Gasteiger partial charge in [0.15, 0.2) is 0 Å². The summed E-state index contributed by atoms with van der Waals surface area (Å²) in [4.78, 5) is 16.9. The first-order chi connectivity index (χ1) is 12.1. The van der Waals surface area contributed by atoms with E-state index in [0.717, 1.165) is 48.1 Å². The van der Waals surface area contributed by atoms with Crippen molar-refractivity contribution in [1.29, 1.82) is 0 Å². The fourth-order valence-electron chi connectivity index (χ4n) is 3.54. The Morgan fingerprint density at radius 1 is 1.24 bits per heavy atom. The van der Waals surface area contributed by atoms with Crippen molar-refractivity contribution in [2.45, 2.75) is 25.9 Å². The van der Waals surface area contributed by atoms with E-state index in [-0.39, 0.29) is 6.03 Å². The fourth-order valence-corrected chi connectivity index (χ4v) is 3.54. The number of rotatable bonds is 4. The molecule has 1 heterocycles. The van der Waals surface area contributed by atoms with Crippen LogP contribution in [0.1, 0.15) is 18.9 Å². The molecule has 5 heteroatoms. The third-order valence-corrected chi connectivity index (χ3v) is 5.17. The zero-order valence-corrected chi connectivity index (χ0v) is 15.3. The lowest BCUT2D eigenvalue weighted by molar-refractivity contribution is 0.107. The van der Waals surface area contributed by atoms with E-state index in [1.807, 2.05) is 29.2 Å². The zero-order valence-electron chi connectivity index (χ0n) is 15.3. The molecule has 0 radical (unpaired) electrons. The second-order valence-corrected chi connectivity index (χ2v) is 6.61. The highest BCUT2D eigenvalue weighted by molar-refractivity contribution is 5.88. The van der Waals surface area contributed by atoms with Crippen LogP contribution in [0.4, 0.5) is 4.79 Å². The number of nitrogens with one attached hydrogen (secondary N) is 1. The summed E-state index contributed by atoms with van der Waals surface area (Å²) >= 11 is 0. The average Bonchev–Trinajstić information content (AvgIpc) is 2.66. The molecule has 1 aliphatic rings. The largest absolute Gasteiger partial charge is 0.496 e. The second-order valence-electron chi connectivity index (χ2n) is 6.61. The van der Waals surface area contributed by atoms with Gasteiger partial charge in [-0.05, 0) is 30.3 Å². The SMILES string of the molecule is CC[C@H]1CN(C(=O)NCc2c(OC)ccc3ccccc23)CCN1C. The van der Waals surface area contributed by atoms with Crippen molar-refractivity contribution >= 4 is 16.8 Å². The van der Waals surface area contributed by atoms with Gasteiger partial charge in [-0.25, -0.2) is 4.79 Å². The Hall–Kier alpha value is -2.27. The lowest BCUT2D eigenvalue weighted by atomic mass is 10.0. The maximum atomic E-state index is 12.6. The summed E-state index contributed by atoms with van der Waals surface area (Å²) < 4.78 is 5.51. The first-order valence-corrected chi connectivity index (χ1v) is 8.91. The van der Waals surface area contributed by atoms with Crippen LogP contribution in [0.15, 0.2) is 36.4 Å². The van der Waals surface area contributed by atoms with Crippen LogP contribution in [-0.4, -0.2) is 55.7 Å². The molecular formula is C20H27N3O2. The van der Waals surface area contributed by atoms with Crippen molar-refractivity contribution in [1.82, 2.24) is 15.1 Å². The summed E-state index contributed by atoms with van der Waals surface area (Å²) in [7, 11) is 3.80. The molecule has 1 N–H and O–H groups in total. The summed E-state index contributed by atoms with van der Waals surface area (Å²) in [6, 6.07) is 12.6. The molecule has 0 unspecified atom stereocenters. The molecule has 1 saturated heterocycles. The minimum atomic E-state index is 0.00142. The number of amides is 2. The van der Waals surface area contributed by atoms with Gasteiger partial charge in [-0.2, -0.15) is 0 Å². The van der Waals surface area contributed by atoms with Gasteiger partial charge < -0.3 is 15.0 Å². The van der Waals surface area contributed by atoms with Crippen molar-refractivity contribution in [2.75, 3.05) is 33.8 Å². The van der Waals surface area contributed by atoms with Crippen LogP contribution >= 0.6 is 0 Å². The number of methoxy groups -OCH3 is 1. The van der Waals surface area contributed by atoms with Gasteiger partial charge in [0.05, 0.1) is 7.11 Å². The van der Waals surface area contributed by atoms with Crippen molar-refractivity contribution in [2.24, 2.45) is 0 Å². The quantitative estimate of drug-likeness (QED) is 0.929. The number of benzene rings is 2. The van der Waals surface area contributed by atoms with Gasteiger partial charge in [0, 0.05) is 37.8 Å². The molecule has 2 aromatic rings. The van der Waals surface area contributed by atoms with Crippen LogP contribution in [-0.2, 0) is 6.54 Å². The number of nitrogens with zero attached hydrogens (tertiary/aromatic N) is 2. The van der Waals surface area contributed by atoms with E-state index in [4.69, 9.17) is 4.74 Å². The number of hydrogen-bond acceptors (Lipinski definition) is 3. The van der Waals surface area contributed by atoms with Crippen molar-refractivity contribution in [3.63, 3.8) is 0 Å².